The molecule has 0 aromatic heterocycles. The highest BCUT2D eigenvalue weighted by Gasteiger charge is 2.34. The molecule has 0 bridgehead atoms. The summed E-state index contributed by atoms with van der Waals surface area (Å²) in [6.45, 7) is 10.2. The van der Waals surface area contributed by atoms with Crippen LogP contribution in [-0.4, -0.2) is 110 Å². The van der Waals surface area contributed by atoms with E-state index in [1.54, 1.807) is 41.5 Å². The van der Waals surface area contributed by atoms with Gasteiger partial charge >= 0.3 is 23.9 Å². The number of carboxylic acids is 4. The minimum atomic E-state index is -1.74. The number of hydrogen-bond donors (Lipinski definition) is 10. The summed E-state index contributed by atoms with van der Waals surface area (Å²) < 4.78 is 0. The zero-order valence-corrected chi connectivity index (χ0v) is 29.2. The van der Waals surface area contributed by atoms with Gasteiger partial charge in [-0.15, -0.1) is 0 Å². The number of carboxylic acid groups (broad SMARTS) is 4. The van der Waals surface area contributed by atoms with E-state index in [0.29, 0.717) is 0 Å². The van der Waals surface area contributed by atoms with Gasteiger partial charge in [-0.1, -0.05) is 41.5 Å². The molecule has 0 unspecified atom stereocenters. The summed E-state index contributed by atoms with van der Waals surface area (Å²) in [5.41, 5.74) is 5.61. The lowest BCUT2D eigenvalue weighted by Gasteiger charge is -2.28. The monoisotopic (exact) mass is 716 g/mol. The van der Waals surface area contributed by atoms with Gasteiger partial charge < -0.3 is 52.7 Å². The predicted molar refractivity (Wildman–Crippen MR) is 175 cm³/mol. The number of carbonyl (C=O) groups is 9. The highest BCUT2D eigenvalue weighted by molar-refractivity contribution is 5.97. The molecule has 19 nitrogen and oxygen atoms in total. The molecule has 284 valence electrons. The number of nitrogens with two attached hydrogens (primary N) is 1. The molecule has 0 heterocycles. The van der Waals surface area contributed by atoms with Crippen molar-refractivity contribution in [2.24, 2.45) is 23.5 Å². The Morgan fingerprint density at radius 1 is 0.460 bits per heavy atom. The molecular formula is C31H52N6O13. The van der Waals surface area contributed by atoms with Crippen molar-refractivity contribution in [3.05, 3.63) is 0 Å². The number of carbonyl (C=O) groups excluding carboxylic acids is 5. The lowest BCUT2D eigenvalue weighted by molar-refractivity contribution is -0.144. The Bertz CT molecular complexity index is 1240. The predicted octanol–water partition coefficient (Wildman–Crippen LogP) is -1.23. The minimum Gasteiger partial charge on any atom is -0.481 e. The maximum Gasteiger partial charge on any atom is 0.326 e. The van der Waals surface area contributed by atoms with Gasteiger partial charge in [-0.05, 0) is 43.4 Å². The molecule has 19 heteroatoms. The molecule has 0 rings (SSSR count). The van der Waals surface area contributed by atoms with Gasteiger partial charge in [-0.2, -0.15) is 0 Å². The van der Waals surface area contributed by atoms with E-state index in [1.807, 2.05) is 0 Å². The number of amides is 5. The Morgan fingerprint density at radius 2 is 0.800 bits per heavy atom. The van der Waals surface area contributed by atoms with Crippen molar-refractivity contribution in [3.8, 4) is 0 Å². The van der Waals surface area contributed by atoms with Gasteiger partial charge in [0.15, 0.2) is 0 Å². The molecule has 0 aromatic rings. The van der Waals surface area contributed by atoms with E-state index in [-0.39, 0.29) is 37.0 Å². The Labute approximate surface area is 289 Å². The summed E-state index contributed by atoms with van der Waals surface area (Å²) in [4.78, 5) is 111. The van der Waals surface area contributed by atoms with Gasteiger partial charge in [-0.3, -0.25) is 38.4 Å². The fraction of sp³-hybridized carbons (Fsp3) is 0.710. The fourth-order valence-electron chi connectivity index (χ4n) is 4.67. The van der Waals surface area contributed by atoms with Gasteiger partial charge in [0, 0.05) is 6.42 Å². The van der Waals surface area contributed by atoms with Gasteiger partial charge in [0.2, 0.25) is 29.5 Å². The Kier molecular flexibility index (Phi) is 19.9. The molecule has 6 atom stereocenters. The van der Waals surface area contributed by atoms with Crippen molar-refractivity contribution in [3.63, 3.8) is 0 Å². The van der Waals surface area contributed by atoms with Gasteiger partial charge in [-0.25, -0.2) is 4.79 Å². The quantitative estimate of drug-likeness (QED) is 0.0560. The molecule has 0 saturated heterocycles. The summed E-state index contributed by atoms with van der Waals surface area (Å²) in [5, 5.41) is 48.7. The number of aliphatic carboxylic acids is 4. The molecule has 0 aliphatic rings. The third kappa shape index (κ3) is 18.7. The summed E-state index contributed by atoms with van der Waals surface area (Å²) >= 11 is 0. The van der Waals surface area contributed by atoms with Crippen molar-refractivity contribution in [2.45, 2.75) is 123 Å². The van der Waals surface area contributed by atoms with E-state index in [4.69, 9.17) is 10.8 Å². The van der Waals surface area contributed by atoms with Crippen LogP contribution in [0.3, 0.4) is 0 Å². The van der Waals surface area contributed by atoms with Crippen LogP contribution in [0.2, 0.25) is 0 Å². The van der Waals surface area contributed by atoms with E-state index in [0.717, 1.165) is 0 Å². The third-order valence-electron chi connectivity index (χ3n) is 7.02. The van der Waals surface area contributed by atoms with Crippen LogP contribution in [0, 0.1) is 17.8 Å². The van der Waals surface area contributed by atoms with Crippen molar-refractivity contribution < 1.29 is 63.6 Å². The number of hydrogen-bond acceptors (Lipinski definition) is 10. The van der Waals surface area contributed by atoms with E-state index < -0.39 is 115 Å². The van der Waals surface area contributed by atoms with E-state index in [1.165, 1.54) is 0 Å². The molecule has 5 amide bonds. The first kappa shape index (κ1) is 45.2. The van der Waals surface area contributed by atoms with Crippen LogP contribution in [-0.2, 0) is 43.2 Å². The zero-order valence-electron chi connectivity index (χ0n) is 29.2. The van der Waals surface area contributed by atoms with Crippen molar-refractivity contribution >= 4 is 53.4 Å². The van der Waals surface area contributed by atoms with Crippen LogP contribution in [0.4, 0.5) is 0 Å². The van der Waals surface area contributed by atoms with Crippen LogP contribution in [0.15, 0.2) is 0 Å². The van der Waals surface area contributed by atoms with Gasteiger partial charge in [0.05, 0.1) is 18.9 Å². The van der Waals surface area contributed by atoms with Gasteiger partial charge in [0.1, 0.15) is 30.2 Å². The molecule has 0 aliphatic carbocycles. The zero-order chi connectivity index (χ0) is 38.9. The van der Waals surface area contributed by atoms with Crippen LogP contribution in [0.25, 0.3) is 0 Å². The van der Waals surface area contributed by atoms with E-state index >= 15 is 0 Å². The smallest absolute Gasteiger partial charge is 0.326 e. The van der Waals surface area contributed by atoms with Crippen LogP contribution in [0.5, 0.6) is 0 Å². The summed E-state index contributed by atoms with van der Waals surface area (Å²) in [6, 6.07) is -8.91. The second-order valence-electron chi connectivity index (χ2n) is 13.3. The topological polar surface area (TPSA) is 321 Å². The molecule has 0 saturated carbocycles. The highest BCUT2D eigenvalue weighted by Crippen LogP contribution is 2.11. The average Bonchev–Trinajstić information content (AvgIpc) is 2.95. The van der Waals surface area contributed by atoms with Gasteiger partial charge in [0.25, 0.3) is 0 Å². The van der Waals surface area contributed by atoms with Crippen molar-refractivity contribution in [1.82, 2.24) is 26.6 Å². The third-order valence-corrected chi connectivity index (χ3v) is 7.02. The SMILES string of the molecule is CC(C)C[C@H](NC(=O)[C@H](CC(=O)O)NC(=O)[C@H](CC(C)C)NC(=O)[C@H](CCC(=O)O)NC(=O)[C@H](CC(C)C)NC(=O)[C@@H](N)CC(=O)O)C(=O)O. The molecule has 50 heavy (non-hydrogen) atoms. The van der Waals surface area contributed by atoms with E-state index in [2.05, 4.69) is 26.6 Å². The fourth-order valence-corrected chi connectivity index (χ4v) is 4.67. The Balaban J connectivity index is 6.24. The Hall–Kier alpha value is -4.81. The molecule has 0 aliphatic heterocycles. The van der Waals surface area contributed by atoms with Crippen LogP contribution in [0.1, 0.15) is 86.5 Å². The second kappa shape index (κ2) is 22.0. The molecule has 0 fully saturated rings. The lowest BCUT2D eigenvalue weighted by Crippen LogP contribution is -2.59. The first-order valence-electron chi connectivity index (χ1n) is 16.2. The molecule has 0 radical (unpaired) electrons. The van der Waals surface area contributed by atoms with Crippen molar-refractivity contribution in [1.29, 1.82) is 0 Å². The normalized spacial score (nSPS) is 14.8. The molecule has 0 spiro atoms. The molecule has 11 N–H and O–H groups in total. The summed E-state index contributed by atoms with van der Waals surface area (Å²) in [7, 11) is 0. The molecule has 0 aromatic carbocycles. The van der Waals surface area contributed by atoms with Crippen molar-refractivity contribution in [2.75, 3.05) is 0 Å². The first-order valence-corrected chi connectivity index (χ1v) is 16.2. The molecular weight excluding hydrogens is 664 g/mol. The maximum atomic E-state index is 13.5. The van der Waals surface area contributed by atoms with Crippen LogP contribution >= 0.6 is 0 Å². The lowest BCUT2D eigenvalue weighted by atomic mass is 10.00. The first-order chi connectivity index (χ1) is 23.0. The largest absolute Gasteiger partial charge is 0.481 e. The maximum absolute atomic E-state index is 13.5. The highest BCUT2D eigenvalue weighted by atomic mass is 16.4. The van der Waals surface area contributed by atoms with E-state index in [9.17, 15) is 58.5 Å². The Morgan fingerprint density at radius 3 is 1.20 bits per heavy atom. The second-order valence-corrected chi connectivity index (χ2v) is 13.3. The van der Waals surface area contributed by atoms with Crippen LogP contribution < -0.4 is 32.3 Å². The summed E-state index contributed by atoms with van der Waals surface area (Å²) in [5.74, 6) is -11.1. The standard InChI is InChI=1S/C31H52N6O13/c1-14(2)9-19(34-26(44)17(32)12-24(40)41)28(46)33-18(7-8-23(38)39)27(45)35-20(10-15(3)4)29(47)36-21(13-25(42)43)30(48)37-22(31(49)50)11-16(5)6/h14-22H,7-13,32H2,1-6H3,(H,33,46)(H,34,44)(H,35,45)(H,36,47)(H,37,48)(H,38,39)(H,40,41)(H,42,43)(H,49,50)/t17-,18-,19-,20-,21-,22-/m0/s1. The summed E-state index contributed by atoms with van der Waals surface area (Å²) in [6.07, 6.45) is -2.73. The minimum absolute atomic E-state index is 0.0150. The number of nitrogens with one attached hydrogen (secondary N) is 5. The number of rotatable bonds is 24. The average molecular weight is 717 g/mol.